The second-order valence-corrected chi connectivity index (χ2v) is 4.45. The van der Waals surface area contributed by atoms with Crippen molar-refractivity contribution >= 4 is 11.6 Å². The molecule has 0 aromatic carbocycles. The monoisotopic (exact) mass is 234 g/mol. The lowest BCUT2D eigenvalue weighted by molar-refractivity contribution is -0.151. The molecule has 2 unspecified atom stereocenters. The van der Waals surface area contributed by atoms with Crippen molar-refractivity contribution < 1.29 is 14.0 Å². The standard InChI is InChI=1S/C12H14N2O3/c15-11-9(8-2-1-7-17-8)10(12(11)16)14-5-3-13-4-6-14/h1-2,7,9-10,13H,3-6H2. The van der Waals surface area contributed by atoms with E-state index in [0.29, 0.717) is 5.76 Å². The van der Waals surface area contributed by atoms with Gasteiger partial charge in [-0.25, -0.2) is 0 Å². The largest absolute Gasteiger partial charge is 0.469 e. The summed E-state index contributed by atoms with van der Waals surface area (Å²) in [6.07, 6.45) is 1.54. The zero-order valence-electron chi connectivity index (χ0n) is 9.39. The third-order valence-corrected chi connectivity index (χ3v) is 3.50. The van der Waals surface area contributed by atoms with E-state index < -0.39 is 5.92 Å². The van der Waals surface area contributed by atoms with Crippen LogP contribution >= 0.6 is 0 Å². The lowest BCUT2D eigenvalue weighted by Gasteiger charge is -2.42. The van der Waals surface area contributed by atoms with Gasteiger partial charge in [0.25, 0.3) is 0 Å². The fourth-order valence-corrected chi connectivity index (χ4v) is 2.59. The predicted octanol–water partition coefficient (Wildman–Crippen LogP) is -0.211. The van der Waals surface area contributed by atoms with Gasteiger partial charge < -0.3 is 9.73 Å². The number of carbonyl (C=O) groups is 2. The van der Waals surface area contributed by atoms with Crippen LogP contribution in [-0.4, -0.2) is 48.7 Å². The van der Waals surface area contributed by atoms with Gasteiger partial charge >= 0.3 is 0 Å². The minimum Gasteiger partial charge on any atom is -0.469 e. The van der Waals surface area contributed by atoms with Crippen LogP contribution in [-0.2, 0) is 9.59 Å². The lowest BCUT2D eigenvalue weighted by atomic mass is 9.74. The molecule has 5 heteroatoms. The van der Waals surface area contributed by atoms with E-state index in [2.05, 4.69) is 10.2 Å². The second-order valence-electron chi connectivity index (χ2n) is 4.45. The minimum absolute atomic E-state index is 0.270. The molecule has 2 heterocycles. The highest BCUT2D eigenvalue weighted by Crippen LogP contribution is 2.35. The molecule has 1 aromatic rings. The average Bonchev–Trinajstić information content (AvgIpc) is 2.88. The summed E-state index contributed by atoms with van der Waals surface area (Å²) >= 11 is 0. The summed E-state index contributed by atoms with van der Waals surface area (Å²) in [6, 6.07) is 3.21. The van der Waals surface area contributed by atoms with E-state index in [1.54, 1.807) is 18.4 Å². The SMILES string of the molecule is O=C1C(=O)C(N2CCNCC2)C1c1ccco1. The summed E-state index contributed by atoms with van der Waals surface area (Å²) < 4.78 is 5.26. The summed E-state index contributed by atoms with van der Waals surface area (Å²) in [7, 11) is 0. The van der Waals surface area contributed by atoms with E-state index in [1.165, 1.54) is 0 Å². The Balaban J connectivity index is 1.82. The maximum atomic E-state index is 11.7. The Kier molecular flexibility index (Phi) is 2.57. The molecule has 5 nitrogen and oxygen atoms in total. The molecular weight excluding hydrogens is 220 g/mol. The molecule has 1 saturated carbocycles. The molecule has 0 amide bonds. The third kappa shape index (κ3) is 1.62. The van der Waals surface area contributed by atoms with Crippen molar-refractivity contribution in [1.29, 1.82) is 0 Å². The molecule has 1 saturated heterocycles. The first-order valence-corrected chi connectivity index (χ1v) is 5.85. The topological polar surface area (TPSA) is 62.6 Å². The summed E-state index contributed by atoms with van der Waals surface area (Å²) in [5, 5.41) is 3.23. The third-order valence-electron chi connectivity index (χ3n) is 3.50. The summed E-state index contributed by atoms with van der Waals surface area (Å²) in [6.45, 7) is 3.34. The quantitative estimate of drug-likeness (QED) is 0.717. The van der Waals surface area contributed by atoms with Gasteiger partial charge in [0.05, 0.1) is 12.3 Å². The van der Waals surface area contributed by atoms with Gasteiger partial charge in [-0.1, -0.05) is 0 Å². The number of ketones is 2. The number of furan rings is 1. The maximum absolute atomic E-state index is 11.7. The van der Waals surface area contributed by atoms with Crippen molar-refractivity contribution in [1.82, 2.24) is 10.2 Å². The molecule has 90 valence electrons. The molecule has 0 radical (unpaired) electrons. The number of hydrogen-bond acceptors (Lipinski definition) is 5. The second kappa shape index (κ2) is 4.09. The fraction of sp³-hybridized carbons (Fsp3) is 0.500. The molecule has 1 aliphatic heterocycles. The molecule has 2 aliphatic rings. The number of carbonyl (C=O) groups excluding carboxylic acids is 2. The Labute approximate surface area is 98.8 Å². The maximum Gasteiger partial charge on any atom is 0.217 e. The van der Waals surface area contributed by atoms with E-state index >= 15 is 0 Å². The molecule has 2 atom stereocenters. The molecule has 0 bridgehead atoms. The lowest BCUT2D eigenvalue weighted by Crippen LogP contribution is -2.63. The highest BCUT2D eigenvalue weighted by Gasteiger charge is 2.54. The predicted molar refractivity (Wildman–Crippen MR) is 59.7 cm³/mol. The number of nitrogens with zero attached hydrogens (tertiary/aromatic N) is 1. The number of piperazine rings is 1. The van der Waals surface area contributed by atoms with Crippen LogP contribution < -0.4 is 5.32 Å². The van der Waals surface area contributed by atoms with E-state index in [9.17, 15) is 9.59 Å². The fourth-order valence-electron chi connectivity index (χ4n) is 2.59. The smallest absolute Gasteiger partial charge is 0.217 e. The Morgan fingerprint density at radius 2 is 2.00 bits per heavy atom. The highest BCUT2D eigenvalue weighted by molar-refractivity contribution is 6.48. The van der Waals surface area contributed by atoms with Crippen LogP contribution in [0.3, 0.4) is 0 Å². The van der Waals surface area contributed by atoms with E-state index in [1.807, 2.05) is 0 Å². The van der Waals surface area contributed by atoms with Gasteiger partial charge in [0, 0.05) is 26.2 Å². The number of rotatable bonds is 2. The number of Topliss-reactive ketones (excluding diaryl/α,β-unsaturated/α-hetero) is 2. The van der Waals surface area contributed by atoms with Crippen molar-refractivity contribution in [3.05, 3.63) is 24.2 Å². The molecular formula is C12H14N2O3. The van der Waals surface area contributed by atoms with Gasteiger partial charge in [-0.2, -0.15) is 0 Å². The van der Waals surface area contributed by atoms with Crippen LogP contribution in [0.4, 0.5) is 0 Å². The van der Waals surface area contributed by atoms with Crippen molar-refractivity contribution in [2.24, 2.45) is 0 Å². The van der Waals surface area contributed by atoms with Crippen molar-refractivity contribution in [3.8, 4) is 0 Å². The molecule has 0 spiro atoms. The van der Waals surface area contributed by atoms with Crippen molar-refractivity contribution in [2.75, 3.05) is 26.2 Å². The zero-order chi connectivity index (χ0) is 11.8. The number of nitrogens with one attached hydrogen (secondary N) is 1. The first-order valence-electron chi connectivity index (χ1n) is 5.85. The molecule has 17 heavy (non-hydrogen) atoms. The van der Waals surface area contributed by atoms with Gasteiger partial charge in [-0.05, 0) is 12.1 Å². The first kappa shape index (κ1) is 10.7. The van der Waals surface area contributed by atoms with Gasteiger partial charge in [0.2, 0.25) is 11.6 Å². The van der Waals surface area contributed by atoms with Crippen LogP contribution in [0.25, 0.3) is 0 Å². The van der Waals surface area contributed by atoms with Crippen LogP contribution in [0.5, 0.6) is 0 Å². The van der Waals surface area contributed by atoms with E-state index in [0.717, 1.165) is 26.2 Å². The van der Waals surface area contributed by atoms with Crippen LogP contribution in [0, 0.1) is 0 Å². The van der Waals surface area contributed by atoms with Gasteiger partial charge in [-0.3, -0.25) is 14.5 Å². The summed E-state index contributed by atoms with van der Waals surface area (Å²) in [4.78, 5) is 25.5. The zero-order valence-corrected chi connectivity index (χ0v) is 9.39. The molecule has 3 rings (SSSR count). The first-order chi connectivity index (χ1) is 8.29. The highest BCUT2D eigenvalue weighted by atomic mass is 16.3. The Hall–Kier alpha value is -1.46. The molecule has 1 aliphatic carbocycles. The summed E-state index contributed by atoms with van der Waals surface area (Å²) in [5.74, 6) is -0.370. The van der Waals surface area contributed by atoms with Gasteiger partial charge in [0.15, 0.2) is 0 Å². The van der Waals surface area contributed by atoms with Crippen molar-refractivity contribution in [2.45, 2.75) is 12.0 Å². The van der Waals surface area contributed by atoms with Crippen LogP contribution in [0.15, 0.2) is 22.8 Å². The van der Waals surface area contributed by atoms with Crippen molar-refractivity contribution in [3.63, 3.8) is 0 Å². The van der Waals surface area contributed by atoms with Crippen LogP contribution in [0.2, 0.25) is 0 Å². The molecule has 1 aromatic heterocycles. The Morgan fingerprint density at radius 1 is 1.24 bits per heavy atom. The number of hydrogen-bond donors (Lipinski definition) is 1. The normalized spacial score (nSPS) is 30.4. The van der Waals surface area contributed by atoms with Crippen LogP contribution in [0.1, 0.15) is 11.7 Å². The minimum atomic E-state index is -0.393. The Morgan fingerprint density at radius 3 is 2.65 bits per heavy atom. The van der Waals surface area contributed by atoms with E-state index in [4.69, 9.17) is 4.42 Å². The molecule has 2 fully saturated rings. The average molecular weight is 234 g/mol. The molecule has 1 N–H and O–H groups in total. The Bertz CT molecular complexity index is 435. The van der Waals surface area contributed by atoms with E-state index in [-0.39, 0.29) is 17.6 Å². The van der Waals surface area contributed by atoms with Gasteiger partial charge in [0.1, 0.15) is 11.7 Å². The summed E-state index contributed by atoms with van der Waals surface area (Å²) in [5.41, 5.74) is 0. The van der Waals surface area contributed by atoms with Gasteiger partial charge in [-0.15, -0.1) is 0 Å².